The molecule has 2 N–H and O–H groups in total. The molecule has 8 nitrogen and oxygen atoms in total. The van der Waals surface area contributed by atoms with Crippen molar-refractivity contribution in [2.45, 2.75) is 25.4 Å². The SMILES string of the molecule is Cl.Cl.O=C1COc2cc(Cl)c(CNC[C@H]3CCN(CC4Cn5c(=O)ccc6ccc(F)c4c65)C3)nc2N1. The van der Waals surface area contributed by atoms with Crippen LogP contribution < -0.4 is 20.9 Å². The minimum Gasteiger partial charge on any atom is -0.480 e. The number of fused-ring (bicyclic) bond motifs is 1. The molecule has 2 aromatic heterocycles. The van der Waals surface area contributed by atoms with Crippen molar-refractivity contribution in [1.29, 1.82) is 0 Å². The first kappa shape index (κ1) is 27.6. The third-order valence-electron chi connectivity index (χ3n) is 7.15. The monoisotopic (exact) mass is 569 g/mol. The second-order valence-electron chi connectivity index (χ2n) is 9.52. The smallest absolute Gasteiger partial charge is 0.263 e. The van der Waals surface area contributed by atoms with E-state index in [0.29, 0.717) is 46.9 Å². The lowest BCUT2D eigenvalue weighted by Crippen LogP contribution is -2.30. The topological polar surface area (TPSA) is 88.5 Å². The lowest BCUT2D eigenvalue weighted by atomic mass is 9.98. The van der Waals surface area contributed by atoms with E-state index in [4.69, 9.17) is 16.3 Å². The van der Waals surface area contributed by atoms with Gasteiger partial charge in [0.1, 0.15) is 5.82 Å². The van der Waals surface area contributed by atoms with Gasteiger partial charge < -0.3 is 24.8 Å². The number of benzene rings is 1. The van der Waals surface area contributed by atoms with Crippen molar-refractivity contribution in [3.63, 3.8) is 0 Å². The summed E-state index contributed by atoms with van der Waals surface area (Å²) in [6, 6.07) is 8.28. The third-order valence-corrected chi connectivity index (χ3v) is 7.48. The summed E-state index contributed by atoms with van der Waals surface area (Å²) in [5.41, 5.74) is 2.00. The molecule has 5 heterocycles. The number of ether oxygens (including phenoxy) is 1. The number of anilines is 1. The van der Waals surface area contributed by atoms with Crippen LogP contribution in [0.15, 0.2) is 35.1 Å². The van der Waals surface area contributed by atoms with E-state index in [0.717, 1.165) is 43.5 Å². The van der Waals surface area contributed by atoms with E-state index in [-0.39, 0.29) is 54.6 Å². The number of likely N-dealkylation sites (tertiary alicyclic amines) is 1. The maximum atomic E-state index is 14.8. The first-order valence-electron chi connectivity index (χ1n) is 11.8. The number of amides is 1. The van der Waals surface area contributed by atoms with Crippen LogP contribution in [-0.2, 0) is 17.9 Å². The van der Waals surface area contributed by atoms with E-state index in [2.05, 4.69) is 20.5 Å². The summed E-state index contributed by atoms with van der Waals surface area (Å²) in [6.45, 7) is 4.33. The highest BCUT2D eigenvalue weighted by Crippen LogP contribution is 2.36. The van der Waals surface area contributed by atoms with Gasteiger partial charge in [0.05, 0.1) is 16.2 Å². The van der Waals surface area contributed by atoms with Crippen molar-refractivity contribution in [1.82, 2.24) is 19.8 Å². The maximum absolute atomic E-state index is 14.8. The summed E-state index contributed by atoms with van der Waals surface area (Å²) in [5.74, 6) is 0.830. The first-order chi connectivity index (χ1) is 17.0. The van der Waals surface area contributed by atoms with Gasteiger partial charge in [0.2, 0.25) is 0 Å². The van der Waals surface area contributed by atoms with Crippen molar-refractivity contribution >= 4 is 59.0 Å². The predicted octanol–water partition coefficient (Wildman–Crippen LogP) is 3.57. The van der Waals surface area contributed by atoms with Gasteiger partial charge in [-0.25, -0.2) is 9.37 Å². The molecule has 2 atom stereocenters. The molecule has 1 amide bonds. The Labute approximate surface area is 230 Å². The number of carbonyl (C=O) groups excluding carboxylic acids is 1. The second-order valence-corrected chi connectivity index (χ2v) is 9.93. The number of carbonyl (C=O) groups is 1. The molecule has 1 fully saturated rings. The summed E-state index contributed by atoms with van der Waals surface area (Å²) in [6.07, 6.45) is 1.04. The standard InChI is InChI=1S/C25H25ClFN5O3.2ClH/c26-17-7-20-25(30-21(33)13-35-20)29-19(17)9-28-8-14-5-6-31(10-14)11-16-12-32-22(34)4-2-15-1-3-18(27)23(16)24(15)32;;/h1-4,7,14,16,28H,5-6,8-13H2,(H,29,30,33);2*1H/t14-,16?;;/m1../s1. The van der Waals surface area contributed by atoms with Gasteiger partial charge >= 0.3 is 0 Å². The molecule has 12 heteroatoms. The third kappa shape index (κ3) is 5.28. The highest BCUT2D eigenvalue weighted by atomic mass is 35.5. The number of aromatic nitrogens is 2. The number of nitrogens with zero attached hydrogens (tertiary/aromatic N) is 3. The van der Waals surface area contributed by atoms with Crippen LogP contribution in [0.5, 0.6) is 5.75 Å². The molecule has 1 saturated heterocycles. The lowest BCUT2D eigenvalue weighted by Gasteiger charge is -2.21. The number of nitrogens with one attached hydrogen (secondary N) is 2. The van der Waals surface area contributed by atoms with Crippen molar-refractivity contribution < 1.29 is 13.9 Å². The van der Waals surface area contributed by atoms with Crippen molar-refractivity contribution in [2.75, 3.05) is 38.1 Å². The fraction of sp³-hybridized carbons (Fsp3) is 0.400. The number of halogens is 4. The predicted molar refractivity (Wildman–Crippen MR) is 145 cm³/mol. The van der Waals surface area contributed by atoms with Crippen molar-refractivity contribution in [3.8, 4) is 5.75 Å². The van der Waals surface area contributed by atoms with Gasteiger partial charge in [-0.15, -0.1) is 24.8 Å². The zero-order valence-corrected chi connectivity index (χ0v) is 22.2. The Morgan fingerprint density at radius 3 is 2.84 bits per heavy atom. The molecular weight excluding hydrogens is 544 g/mol. The van der Waals surface area contributed by atoms with E-state index in [1.807, 2.05) is 0 Å². The quantitative estimate of drug-likeness (QED) is 0.471. The molecule has 1 unspecified atom stereocenters. The zero-order chi connectivity index (χ0) is 24.1. The Morgan fingerprint density at radius 1 is 1.19 bits per heavy atom. The Morgan fingerprint density at radius 2 is 2.00 bits per heavy atom. The van der Waals surface area contributed by atoms with Gasteiger partial charge in [0, 0.05) is 49.8 Å². The van der Waals surface area contributed by atoms with Gasteiger partial charge in [0.25, 0.3) is 11.5 Å². The molecule has 0 aliphatic carbocycles. The zero-order valence-electron chi connectivity index (χ0n) is 19.8. The Bertz CT molecular complexity index is 1400. The van der Waals surface area contributed by atoms with Gasteiger partial charge in [-0.1, -0.05) is 11.6 Å². The molecule has 0 saturated carbocycles. The Kier molecular flexibility index (Phi) is 8.30. The molecule has 0 bridgehead atoms. The van der Waals surface area contributed by atoms with Crippen LogP contribution in [0.2, 0.25) is 5.02 Å². The Hall–Kier alpha value is -2.43. The number of rotatable bonds is 6. The summed E-state index contributed by atoms with van der Waals surface area (Å²) < 4.78 is 21.8. The Balaban J connectivity index is 0.00000160. The second kappa shape index (κ2) is 11.1. The molecule has 3 aliphatic rings. The molecule has 198 valence electrons. The molecule has 0 radical (unpaired) electrons. The fourth-order valence-corrected chi connectivity index (χ4v) is 5.73. The van der Waals surface area contributed by atoms with Crippen LogP contribution in [0.25, 0.3) is 10.9 Å². The van der Waals surface area contributed by atoms with Crippen LogP contribution in [0.3, 0.4) is 0 Å². The normalized spacial score (nSPS) is 20.1. The first-order valence-corrected chi connectivity index (χ1v) is 12.2. The van der Waals surface area contributed by atoms with E-state index in [1.165, 1.54) is 6.07 Å². The van der Waals surface area contributed by atoms with E-state index >= 15 is 0 Å². The molecule has 3 aromatic rings. The summed E-state index contributed by atoms with van der Waals surface area (Å²) in [5, 5.41) is 7.54. The minimum atomic E-state index is -0.233. The van der Waals surface area contributed by atoms with Crippen LogP contribution >= 0.6 is 36.4 Å². The van der Waals surface area contributed by atoms with Crippen LogP contribution in [0.4, 0.5) is 10.2 Å². The van der Waals surface area contributed by atoms with E-state index < -0.39 is 0 Å². The average Bonchev–Trinajstić information content (AvgIpc) is 3.45. The number of pyridine rings is 2. The van der Waals surface area contributed by atoms with Crippen LogP contribution in [-0.4, -0.2) is 53.1 Å². The van der Waals surface area contributed by atoms with Gasteiger partial charge in [-0.05, 0) is 49.0 Å². The highest BCUT2D eigenvalue weighted by Gasteiger charge is 2.32. The molecule has 3 aliphatic heterocycles. The summed E-state index contributed by atoms with van der Waals surface area (Å²) in [4.78, 5) is 30.7. The number of hydrogen-bond donors (Lipinski definition) is 2. The number of hydrogen-bond acceptors (Lipinski definition) is 6. The average molecular weight is 571 g/mol. The van der Waals surface area contributed by atoms with E-state index in [9.17, 15) is 14.0 Å². The minimum absolute atomic E-state index is 0. The van der Waals surface area contributed by atoms with Crippen molar-refractivity contribution in [2.24, 2.45) is 5.92 Å². The summed E-state index contributed by atoms with van der Waals surface area (Å²) in [7, 11) is 0. The fourth-order valence-electron chi connectivity index (χ4n) is 5.52. The largest absolute Gasteiger partial charge is 0.480 e. The van der Waals surface area contributed by atoms with Gasteiger partial charge in [0.15, 0.2) is 18.2 Å². The van der Waals surface area contributed by atoms with Gasteiger partial charge in [-0.3, -0.25) is 9.59 Å². The van der Waals surface area contributed by atoms with Crippen LogP contribution in [0.1, 0.15) is 23.6 Å². The molecule has 37 heavy (non-hydrogen) atoms. The maximum Gasteiger partial charge on any atom is 0.263 e. The summed E-state index contributed by atoms with van der Waals surface area (Å²) >= 11 is 6.35. The van der Waals surface area contributed by atoms with Gasteiger partial charge in [-0.2, -0.15) is 0 Å². The molecule has 6 rings (SSSR count). The van der Waals surface area contributed by atoms with Crippen molar-refractivity contribution in [3.05, 3.63) is 62.8 Å². The molecule has 1 aromatic carbocycles. The van der Waals surface area contributed by atoms with Crippen LogP contribution in [0, 0.1) is 11.7 Å². The highest BCUT2D eigenvalue weighted by molar-refractivity contribution is 6.31. The molecule has 0 spiro atoms. The lowest BCUT2D eigenvalue weighted by molar-refractivity contribution is -0.118. The van der Waals surface area contributed by atoms with E-state index in [1.54, 1.807) is 28.8 Å². The molecular formula is C25H27Cl3FN5O3.